The van der Waals surface area contributed by atoms with E-state index < -0.39 is 0 Å². The predicted molar refractivity (Wildman–Crippen MR) is 65.3 cm³/mol. The molecule has 0 saturated heterocycles. The van der Waals surface area contributed by atoms with Crippen LogP contribution in [0.4, 0.5) is 11.4 Å². The third kappa shape index (κ3) is 5.24. The molecule has 0 bridgehead atoms. The molecular weight excluding hydrogens is 214 g/mol. The van der Waals surface area contributed by atoms with Gasteiger partial charge in [0.15, 0.2) is 0 Å². The van der Waals surface area contributed by atoms with Crippen LogP contribution < -0.4 is 11.1 Å². The zero-order chi connectivity index (χ0) is 10.6. The number of nitrogens with zero attached hydrogens (tertiary/aromatic N) is 1. The standard InChI is InChI=1S/C10H15N3O.ClH/c1-13(2)7-10(14)12-9-5-3-4-8(11)6-9;/h3-6H,7,11H2,1-2H3,(H,12,14);1H. The van der Waals surface area contributed by atoms with Gasteiger partial charge in [-0.1, -0.05) is 6.07 Å². The molecule has 1 aromatic carbocycles. The van der Waals surface area contributed by atoms with Crippen LogP contribution in [0, 0.1) is 0 Å². The Morgan fingerprint density at radius 1 is 1.47 bits per heavy atom. The number of nitrogens with two attached hydrogens (primary N) is 1. The Labute approximate surface area is 95.9 Å². The van der Waals surface area contributed by atoms with Crippen molar-refractivity contribution in [1.82, 2.24) is 4.90 Å². The lowest BCUT2D eigenvalue weighted by molar-refractivity contribution is -0.116. The van der Waals surface area contributed by atoms with Gasteiger partial charge in [-0.25, -0.2) is 0 Å². The molecular formula is C10H16ClN3O. The van der Waals surface area contributed by atoms with E-state index in [4.69, 9.17) is 5.73 Å². The monoisotopic (exact) mass is 229 g/mol. The maximum atomic E-state index is 11.3. The SMILES string of the molecule is CN(C)CC(=O)Nc1cccc(N)c1.Cl. The highest BCUT2D eigenvalue weighted by atomic mass is 35.5. The number of nitrogen functional groups attached to an aromatic ring is 1. The maximum Gasteiger partial charge on any atom is 0.238 e. The van der Waals surface area contributed by atoms with Gasteiger partial charge in [0, 0.05) is 11.4 Å². The molecule has 0 aliphatic heterocycles. The third-order valence-electron chi connectivity index (χ3n) is 1.63. The first kappa shape index (κ1) is 13.7. The molecule has 0 heterocycles. The van der Waals surface area contributed by atoms with Gasteiger partial charge in [-0.05, 0) is 32.3 Å². The molecule has 0 aliphatic carbocycles. The van der Waals surface area contributed by atoms with Gasteiger partial charge >= 0.3 is 0 Å². The number of halogens is 1. The van der Waals surface area contributed by atoms with Crippen molar-refractivity contribution in [2.45, 2.75) is 0 Å². The van der Waals surface area contributed by atoms with Crippen molar-refractivity contribution in [1.29, 1.82) is 0 Å². The molecule has 0 fully saturated rings. The average molecular weight is 230 g/mol. The summed E-state index contributed by atoms with van der Waals surface area (Å²) in [6, 6.07) is 7.12. The van der Waals surface area contributed by atoms with Gasteiger partial charge in [0.1, 0.15) is 0 Å². The summed E-state index contributed by atoms with van der Waals surface area (Å²) in [5, 5.41) is 2.75. The van der Waals surface area contributed by atoms with Crippen molar-refractivity contribution >= 4 is 29.7 Å². The summed E-state index contributed by atoms with van der Waals surface area (Å²) in [7, 11) is 3.69. The third-order valence-corrected chi connectivity index (χ3v) is 1.63. The molecule has 0 aromatic heterocycles. The largest absolute Gasteiger partial charge is 0.399 e. The molecule has 0 atom stereocenters. The number of carbonyl (C=O) groups is 1. The number of nitrogens with one attached hydrogen (secondary N) is 1. The van der Waals surface area contributed by atoms with Gasteiger partial charge in [0.2, 0.25) is 5.91 Å². The fraction of sp³-hybridized carbons (Fsp3) is 0.300. The van der Waals surface area contributed by atoms with Gasteiger partial charge in [-0.2, -0.15) is 0 Å². The quantitative estimate of drug-likeness (QED) is 0.766. The Kier molecular flexibility index (Phi) is 5.74. The Balaban J connectivity index is 0.00000196. The Hall–Kier alpha value is -1.26. The van der Waals surface area contributed by atoms with E-state index in [-0.39, 0.29) is 18.3 Å². The fourth-order valence-electron chi connectivity index (χ4n) is 1.10. The molecule has 0 saturated carbocycles. The average Bonchev–Trinajstić information content (AvgIpc) is 2.01. The van der Waals surface area contributed by atoms with Crippen molar-refractivity contribution in [2.24, 2.45) is 0 Å². The van der Waals surface area contributed by atoms with Crippen LogP contribution in [-0.4, -0.2) is 31.4 Å². The van der Waals surface area contributed by atoms with Crippen LogP contribution in [-0.2, 0) is 4.79 Å². The Bertz CT molecular complexity index is 328. The van der Waals surface area contributed by atoms with Crippen LogP contribution in [0.1, 0.15) is 0 Å². The predicted octanol–water partition coefficient (Wildman–Crippen LogP) is 1.19. The van der Waals surface area contributed by atoms with Crippen LogP contribution in [0.15, 0.2) is 24.3 Å². The van der Waals surface area contributed by atoms with Crippen molar-refractivity contribution < 1.29 is 4.79 Å². The summed E-state index contributed by atoms with van der Waals surface area (Å²) < 4.78 is 0. The number of hydrogen-bond acceptors (Lipinski definition) is 3. The molecule has 5 heteroatoms. The van der Waals surface area contributed by atoms with Gasteiger partial charge < -0.3 is 16.0 Å². The maximum absolute atomic E-state index is 11.3. The van der Waals surface area contributed by atoms with Crippen LogP contribution in [0.3, 0.4) is 0 Å². The summed E-state index contributed by atoms with van der Waals surface area (Å²) in [6.45, 7) is 0.370. The number of hydrogen-bond donors (Lipinski definition) is 2. The lowest BCUT2D eigenvalue weighted by Crippen LogP contribution is -2.27. The van der Waals surface area contributed by atoms with E-state index in [1.54, 1.807) is 18.2 Å². The molecule has 0 radical (unpaired) electrons. The van der Waals surface area contributed by atoms with E-state index in [1.165, 1.54) is 0 Å². The zero-order valence-corrected chi connectivity index (χ0v) is 9.67. The highest BCUT2D eigenvalue weighted by Gasteiger charge is 2.02. The van der Waals surface area contributed by atoms with E-state index in [9.17, 15) is 4.79 Å². The second-order valence-electron chi connectivity index (χ2n) is 3.41. The van der Waals surface area contributed by atoms with Gasteiger partial charge in [0.05, 0.1) is 6.54 Å². The van der Waals surface area contributed by atoms with Crippen LogP contribution in [0.2, 0.25) is 0 Å². The molecule has 0 unspecified atom stereocenters. The summed E-state index contributed by atoms with van der Waals surface area (Å²) in [5.41, 5.74) is 6.95. The number of amides is 1. The van der Waals surface area contributed by atoms with E-state index in [0.717, 1.165) is 5.69 Å². The molecule has 1 aromatic rings. The lowest BCUT2D eigenvalue weighted by atomic mass is 10.3. The van der Waals surface area contributed by atoms with Crippen molar-refractivity contribution in [3.8, 4) is 0 Å². The first-order chi connectivity index (χ1) is 6.58. The zero-order valence-electron chi connectivity index (χ0n) is 8.86. The topological polar surface area (TPSA) is 58.4 Å². The minimum absolute atomic E-state index is 0. The number of likely N-dealkylation sites (N-methyl/N-ethyl adjacent to an activating group) is 1. The van der Waals surface area contributed by atoms with Crippen LogP contribution in [0.5, 0.6) is 0 Å². The van der Waals surface area contributed by atoms with Crippen LogP contribution in [0.25, 0.3) is 0 Å². The van der Waals surface area contributed by atoms with Crippen molar-refractivity contribution in [3.05, 3.63) is 24.3 Å². The Morgan fingerprint density at radius 2 is 2.13 bits per heavy atom. The molecule has 0 spiro atoms. The van der Waals surface area contributed by atoms with Crippen molar-refractivity contribution in [2.75, 3.05) is 31.7 Å². The Morgan fingerprint density at radius 3 is 2.67 bits per heavy atom. The molecule has 15 heavy (non-hydrogen) atoms. The van der Waals surface area contributed by atoms with Gasteiger partial charge in [-0.15, -0.1) is 12.4 Å². The summed E-state index contributed by atoms with van der Waals surface area (Å²) >= 11 is 0. The second kappa shape index (κ2) is 6.27. The number of carbonyl (C=O) groups excluding carboxylic acids is 1. The van der Waals surface area contributed by atoms with E-state index >= 15 is 0 Å². The van der Waals surface area contributed by atoms with Crippen LogP contribution >= 0.6 is 12.4 Å². The first-order valence-electron chi connectivity index (χ1n) is 4.38. The summed E-state index contributed by atoms with van der Waals surface area (Å²) in [4.78, 5) is 13.1. The smallest absolute Gasteiger partial charge is 0.238 e. The van der Waals surface area contributed by atoms with Gasteiger partial charge in [-0.3, -0.25) is 4.79 Å². The molecule has 4 nitrogen and oxygen atoms in total. The molecule has 3 N–H and O–H groups in total. The minimum Gasteiger partial charge on any atom is -0.399 e. The van der Waals surface area contributed by atoms with Crippen molar-refractivity contribution in [3.63, 3.8) is 0 Å². The highest BCUT2D eigenvalue weighted by molar-refractivity contribution is 5.92. The molecule has 0 aliphatic rings. The second-order valence-corrected chi connectivity index (χ2v) is 3.41. The fourth-order valence-corrected chi connectivity index (χ4v) is 1.10. The molecule has 1 amide bonds. The summed E-state index contributed by atoms with van der Waals surface area (Å²) in [5.74, 6) is -0.0411. The number of benzene rings is 1. The van der Waals surface area contributed by atoms with E-state index in [1.807, 2.05) is 25.1 Å². The number of rotatable bonds is 3. The lowest BCUT2D eigenvalue weighted by Gasteiger charge is -2.10. The first-order valence-corrected chi connectivity index (χ1v) is 4.38. The minimum atomic E-state index is -0.0411. The normalized spacial score (nSPS) is 9.53. The molecule has 84 valence electrons. The summed E-state index contributed by atoms with van der Waals surface area (Å²) in [6.07, 6.45) is 0. The van der Waals surface area contributed by atoms with E-state index in [0.29, 0.717) is 12.2 Å². The van der Waals surface area contributed by atoms with E-state index in [2.05, 4.69) is 5.32 Å². The van der Waals surface area contributed by atoms with Gasteiger partial charge in [0.25, 0.3) is 0 Å². The highest BCUT2D eigenvalue weighted by Crippen LogP contribution is 2.11. The molecule has 1 rings (SSSR count). The number of anilines is 2.